The first kappa shape index (κ1) is 16.1. The Balaban J connectivity index is 1.87. The number of carboxylic acids is 1. The average molecular weight is 334 g/mol. The smallest absolute Gasteiger partial charge is 0.323 e. The SMILES string of the molecule is CC(=O)NCCN1CCC(n2cnc3c(=O)[nH]cnc32)[C@H]1C(=O)O. The van der Waals surface area contributed by atoms with E-state index in [0.29, 0.717) is 31.7 Å². The molecule has 1 amide bonds. The van der Waals surface area contributed by atoms with Crippen LogP contribution < -0.4 is 10.9 Å². The lowest BCUT2D eigenvalue weighted by molar-refractivity contribution is -0.143. The van der Waals surface area contributed by atoms with Crippen molar-refractivity contribution in [3.63, 3.8) is 0 Å². The minimum Gasteiger partial charge on any atom is -0.480 e. The van der Waals surface area contributed by atoms with Crippen LogP contribution in [0.25, 0.3) is 11.2 Å². The summed E-state index contributed by atoms with van der Waals surface area (Å²) in [5.74, 6) is -1.10. The summed E-state index contributed by atoms with van der Waals surface area (Å²) in [6, 6.07) is -1.14. The summed E-state index contributed by atoms with van der Waals surface area (Å²) >= 11 is 0. The average Bonchev–Trinajstić information content (AvgIpc) is 3.11. The molecule has 2 aromatic heterocycles. The molecule has 0 saturated carbocycles. The van der Waals surface area contributed by atoms with E-state index in [0.717, 1.165) is 0 Å². The highest BCUT2D eigenvalue weighted by Crippen LogP contribution is 2.30. The number of carbonyl (C=O) groups excluding carboxylic acids is 1. The van der Waals surface area contributed by atoms with Crippen LogP contribution in [0.1, 0.15) is 19.4 Å². The summed E-state index contributed by atoms with van der Waals surface area (Å²) < 4.78 is 1.65. The lowest BCUT2D eigenvalue weighted by Gasteiger charge is -2.25. The molecule has 3 heterocycles. The number of fused-ring (bicyclic) bond motifs is 1. The van der Waals surface area contributed by atoms with Crippen molar-refractivity contribution >= 4 is 23.0 Å². The van der Waals surface area contributed by atoms with Crippen LogP contribution in [0.5, 0.6) is 0 Å². The lowest BCUT2D eigenvalue weighted by atomic mass is 10.1. The molecule has 0 aliphatic carbocycles. The van der Waals surface area contributed by atoms with Crippen LogP contribution in [0.2, 0.25) is 0 Å². The van der Waals surface area contributed by atoms with Crippen LogP contribution in [0, 0.1) is 0 Å². The summed E-state index contributed by atoms with van der Waals surface area (Å²) in [6.07, 6.45) is 3.34. The molecular formula is C14H18N6O4. The zero-order valence-electron chi connectivity index (χ0n) is 13.1. The number of aromatic amines is 1. The van der Waals surface area contributed by atoms with Crippen molar-refractivity contribution in [3.05, 3.63) is 23.0 Å². The second-order valence-electron chi connectivity index (χ2n) is 5.71. The van der Waals surface area contributed by atoms with Gasteiger partial charge in [0.05, 0.1) is 18.7 Å². The van der Waals surface area contributed by atoms with Gasteiger partial charge in [-0.3, -0.25) is 19.3 Å². The molecule has 1 aliphatic heterocycles. The molecule has 3 N–H and O–H groups in total. The van der Waals surface area contributed by atoms with Crippen molar-refractivity contribution in [2.45, 2.75) is 25.4 Å². The fraction of sp³-hybridized carbons (Fsp3) is 0.500. The monoisotopic (exact) mass is 334 g/mol. The number of imidazole rings is 1. The van der Waals surface area contributed by atoms with Gasteiger partial charge in [0, 0.05) is 26.6 Å². The third-order valence-corrected chi connectivity index (χ3v) is 4.22. The van der Waals surface area contributed by atoms with Crippen LogP contribution in [-0.4, -0.2) is 67.1 Å². The van der Waals surface area contributed by atoms with E-state index in [9.17, 15) is 19.5 Å². The van der Waals surface area contributed by atoms with Gasteiger partial charge in [-0.05, 0) is 6.42 Å². The van der Waals surface area contributed by atoms with E-state index < -0.39 is 12.0 Å². The number of carboxylic acid groups (broad SMARTS) is 1. The first-order chi connectivity index (χ1) is 11.5. The Morgan fingerprint density at radius 2 is 2.25 bits per heavy atom. The van der Waals surface area contributed by atoms with Crippen LogP contribution in [0.4, 0.5) is 0 Å². The van der Waals surface area contributed by atoms with Crippen LogP contribution in [0.15, 0.2) is 17.4 Å². The van der Waals surface area contributed by atoms with E-state index in [4.69, 9.17) is 0 Å². The molecule has 1 saturated heterocycles. The van der Waals surface area contributed by atoms with Crippen molar-refractivity contribution in [3.8, 4) is 0 Å². The Kier molecular flexibility index (Phi) is 4.30. The molecule has 0 aromatic carbocycles. The third-order valence-electron chi connectivity index (χ3n) is 4.22. The molecule has 128 valence electrons. The summed E-state index contributed by atoms with van der Waals surface area (Å²) in [5, 5.41) is 12.3. The van der Waals surface area contributed by atoms with Gasteiger partial charge in [-0.15, -0.1) is 0 Å². The topological polar surface area (TPSA) is 133 Å². The number of carbonyl (C=O) groups is 2. The maximum atomic E-state index is 11.8. The first-order valence-electron chi connectivity index (χ1n) is 7.60. The van der Waals surface area contributed by atoms with Crippen molar-refractivity contribution in [1.82, 2.24) is 29.7 Å². The quantitative estimate of drug-likeness (QED) is 0.635. The van der Waals surface area contributed by atoms with Gasteiger partial charge < -0.3 is 20.0 Å². The number of rotatable bonds is 5. The Bertz CT molecular complexity index is 828. The first-order valence-corrected chi connectivity index (χ1v) is 7.60. The molecule has 1 unspecified atom stereocenters. The number of nitrogens with zero attached hydrogens (tertiary/aromatic N) is 4. The normalized spacial score (nSPS) is 21.2. The molecule has 0 bridgehead atoms. The Morgan fingerprint density at radius 3 is 2.96 bits per heavy atom. The minimum atomic E-state index is -0.952. The van der Waals surface area contributed by atoms with Crippen LogP contribution >= 0.6 is 0 Å². The summed E-state index contributed by atoms with van der Waals surface area (Å²) in [5.41, 5.74) is 0.211. The molecule has 3 rings (SSSR count). The Morgan fingerprint density at radius 1 is 1.46 bits per heavy atom. The Labute approximate surface area is 136 Å². The molecular weight excluding hydrogens is 316 g/mol. The predicted molar refractivity (Wildman–Crippen MR) is 83.5 cm³/mol. The zero-order valence-corrected chi connectivity index (χ0v) is 13.1. The summed E-state index contributed by atoms with van der Waals surface area (Å²) in [4.78, 5) is 46.9. The van der Waals surface area contributed by atoms with Gasteiger partial charge in [0.2, 0.25) is 5.91 Å². The molecule has 2 atom stereocenters. The number of amides is 1. The van der Waals surface area contributed by atoms with E-state index in [1.165, 1.54) is 19.6 Å². The van der Waals surface area contributed by atoms with Gasteiger partial charge in [0.1, 0.15) is 6.04 Å². The van der Waals surface area contributed by atoms with Crippen LogP contribution in [-0.2, 0) is 9.59 Å². The van der Waals surface area contributed by atoms with Gasteiger partial charge in [-0.1, -0.05) is 0 Å². The second-order valence-corrected chi connectivity index (χ2v) is 5.71. The molecule has 1 fully saturated rings. The highest BCUT2D eigenvalue weighted by atomic mass is 16.4. The molecule has 10 heteroatoms. The van der Waals surface area contributed by atoms with Gasteiger partial charge in [0.15, 0.2) is 11.2 Å². The lowest BCUT2D eigenvalue weighted by Crippen LogP contribution is -2.43. The summed E-state index contributed by atoms with van der Waals surface area (Å²) in [7, 11) is 0. The van der Waals surface area contributed by atoms with Gasteiger partial charge >= 0.3 is 5.97 Å². The summed E-state index contributed by atoms with van der Waals surface area (Å²) in [6.45, 7) is 2.81. The highest BCUT2D eigenvalue weighted by Gasteiger charge is 2.41. The highest BCUT2D eigenvalue weighted by molar-refractivity contribution is 5.76. The number of hydrogen-bond donors (Lipinski definition) is 3. The molecule has 10 nitrogen and oxygen atoms in total. The van der Waals surface area contributed by atoms with E-state index in [1.807, 2.05) is 4.90 Å². The Hall–Kier alpha value is -2.75. The van der Waals surface area contributed by atoms with Gasteiger partial charge in [0.25, 0.3) is 5.56 Å². The number of nitrogens with one attached hydrogen (secondary N) is 2. The van der Waals surface area contributed by atoms with E-state index in [2.05, 4.69) is 20.3 Å². The maximum absolute atomic E-state index is 11.8. The third kappa shape index (κ3) is 2.87. The number of likely N-dealkylation sites (tertiary alicyclic amines) is 1. The van der Waals surface area contributed by atoms with Gasteiger partial charge in [-0.2, -0.15) is 0 Å². The fourth-order valence-corrected chi connectivity index (χ4v) is 3.18. The zero-order chi connectivity index (χ0) is 17.3. The van der Waals surface area contributed by atoms with E-state index in [-0.39, 0.29) is 23.0 Å². The van der Waals surface area contributed by atoms with Crippen molar-refractivity contribution < 1.29 is 14.7 Å². The number of H-pyrrole nitrogens is 1. The van der Waals surface area contributed by atoms with Crippen molar-refractivity contribution in [2.24, 2.45) is 0 Å². The van der Waals surface area contributed by atoms with Gasteiger partial charge in [-0.25, -0.2) is 9.97 Å². The molecule has 2 aromatic rings. The predicted octanol–water partition coefficient (Wildman–Crippen LogP) is -1.04. The largest absolute Gasteiger partial charge is 0.480 e. The van der Waals surface area contributed by atoms with Crippen molar-refractivity contribution in [2.75, 3.05) is 19.6 Å². The number of aliphatic carboxylic acids is 1. The van der Waals surface area contributed by atoms with E-state index >= 15 is 0 Å². The molecule has 0 spiro atoms. The number of hydrogen-bond acceptors (Lipinski definition) is 6. The molecule has 24 heavy (non-hydrogen) atoms. The molecule has 1 aliphatic rings. The van der Waals surface area contributed by atoms with Crippen LogP contribution in [0.3, 0.4) is 0 Å². The standard InChI is InChI=1S/C14H18N6O4/c1-8(21)15-3-5-19-4-2-9(11(19)14(23)24)20-7-18-10-12(20)16-6-17-13(10)22/h6-7,9,11H,2-5H2,1H3,(H,15,21)(H,23,24)(H,16,17,22)/t9?,11-/m0/s1. The second kappa shape index (κ2) is 6.40. The number of aromatic nitrogens is 4. The minimum absolute atomic E-state index is 0.151. The van der Waals surface area contributed by atoms with Crippen molar-refractivity contribution in [1.29, 1.82) is 0 Å². The maximum Gasteiger partial charge on any atom is 0.323 e. The van der Waals surface area contributed by atoms with E-state index in [1.54, 1.807) is 4.57 Å². The molecule has 0 radical (unpaired) electrons. The fourth-order valence-electron chi connectivity index (χ4n) is 3.18.